The molecule has 0 saturated heterocycles. The molecular weight excluding hydrogens is 256 g/mol. The highest BCUT2D eigenvalue weighted by Gasteiger charge is 2.17. The van der Waals surface area contributed by atoms with Crippen LogP contribution >= 0.6 is 11.3 Å². The second-order valence-corrected chi connectivity index (χ2v) is 5.98. The van der Waals surface area contributed by atoms with Gasteiger partial charge in [-0.15, -0.1) is 11.3 Å². The standard InChI is InChI=1S/C14H22N4S/c1-11(12-7-8-16-18(12)4)15-10-13(17(2)3)14-6-5-9-19-14/h5-9,11,13,15H,10H2,1-4H3. The summed E-state index contributed by atoms with van der Waals surface area (Å²) in [5.41, 5.74) is 1.21. The normalized spacial score (nSPS) is 14.8. The summed E-state index contributed by atoms with van der Waals surface area (Å²) in [7, 11) is 6.23. The summed E-state index contributed by atoms with van der Waals surface area (Å²) in [6.07, 6.45) is 1.84. The molecule has 0 bridgehead atoms. The molecule has 0 radical (unpaired) electrons. The molecule has 2 unspecified atom stereocenters. The summed E-state index contributed by atoms with van der Waals surface area (Å²) in [6.45, 7) is 3.11. The van der Waals surface area contributed by atoms with Gasteiger partial charge in [-0.05, 0) is 38.5 Å². The number of nitrogens with zero attached hydrogens (tertiary/aromatic N) is 3. The van der Waals surface area contributed by atoms with Crippen LogP contribution in [0.1, 0.15) is 29.6 Å². The van der Waals surface area contributed by atoms with E-state index in [0.29, 0.717) is 12.1 Å². The molecule has 0 aromatic carbocycles. The van der Waals surface area contributed by atoms with E-state index in [0.717, 1.165) is 6.54 Å². The molecule has 104 valence electrons. The second-order valence-electron chi connectivity index (χ2n) is 5.00. The van der Waals surface area contributed by atoms with Crippen molar-refractivity contribution in [3.8, 4) is 0 Å². The number of likely N-dealkylation sites (N-methyl/N-ethyl adjacent to an activating group) is 1. The lowest BCUT2D eigenvalue weighted by Gasteiger charge is -2.25. The van der Waals surface area contributed by atoms with Crippen LogP contribution in [0, 0.1) is 0 Å². The van der Waals surface area contributed by atoms with Crippen molar-refractivity contribution in [1.82, 2.24) is 20.0 Å². The van der Waals surface area contributed by atoms with E-state index in [1.807, 2.05) is 29.3 Å². The van der Waals surface area contributed by atoms with Crippen LogP contribution in [0.2, 0.25) is 0 Å². The fraction of sp³-hybridized carbons (Fsp3) is 0.500. The molecule has 0 amide bonds. The minimum Gasteiger partial charge on any atom is -0.307 e. The first-order valence-electron chi connectivity index (χ1n) is 6.50. The Morgan fingerprint density at radius 1 is 1.42 bits per heavy atom. The van der Waals surface area contributed by atoms with E-state index in [1.54, 1.807) is 0 Å². The third kappa shape index (κ3) is 3.43. The molecule has 0 aliphatic carbocycles. The maximum absolute atomic E-state index is 4.22. The van der Waals surface area contributed by atoms with Gasteiger partial charge in [-0.2, -0.15) is 5.10 Å². The molecule has 0 fully saturated rings. The van der Waals surface area contributed by atoms with Crippen molar-refractivity contribution in [3.63, 3.8) is 0 Å². The molecule has 0 aliphatic heterocycles. The lowest BCUT2D eigenvalue weighted by atomic mass is 10.2. The van der Waals surface area contributed by atoms with Gasteiger partial charge in [0.25, 0.3) is 0 Å². The van der Waals surface area contributed by atoms with Crippen molar-refractivity contribution in [3.05, 3.63) is 40.3 Å². The van der Waals surface area contributed by atoms with Gasteiger partial charge in [0.1, 0.15) is 0 Å². The number of aryl methyl sites for hydroxylation is 1. The Bertz CT molecular complexity index is 489. The zero-order valence-electron chi connectivity index (χ0n) is 12.0. The maximum atomic E-state index is 4.22. The Balaban J connectivity index is 1.98. The molecule has 1 N–H and O–H groups in total. The summed E-state index contributed by atoms with van der Waals surface area (Å²) in [6, 6.07) is 7.09. The van der Waals surface area contributed by atoms with Crippen LogP contribution in [0.4, 0.5) is 0 Å². The molecule has 2 aromatic rings. The highest BCUT2D eigenvalue weighted by atomic mass is 32.1. The van der Waals surface area contributed by atoms with Crippen LogP contribution in [0.5, 0.6) is 0 Å². The highest BCUT2D eigenvalue weighted by Crippen LogP contribution is 2.23. The summed E-state index contributed by atoms with van der Waals surface area (Å²) >= 11 is 1.81. The van der Waals surface area contributed by atoms with E-state index in [9.17, 15) is 0 Å². The van der Waals surface area contributed by atoms with E-state index >= 15 is 0 Å². The lowest BCUT2D eigenvalue weighted by molar-refractivity contribution is 0.284. The van der Waals surface area contributed by atoms with Crippen LogP contribution in [0.15, 0.2) is 29.8 Å². The van der Waals surface area contributed by atoms with E-state index in [1.165, 1.54) is 10.6 Å². The number of thiophene rings is 1. The zero-order valence-corrected chi connectivity index (χ0v) is 12.8. The van der Waals surface area contributed by atoms with Crippen LogP contribution in [-0.2, 0) is 7.05 Å². The van der Waals surface area contributed by atoms with Crippen molar-refractivity contribution in [2.75, 3.05) is 20.6 Å². The van der Waals surface area contributed by atoms with E-state index in [2.05, 4.69) is 59.9 Å². The zero-order chi connectivity index (χ0) is 13.8. The largest absolute Gasteiger partial charge is 0.307 e. The fourth-order valence-corrected chi connectivity index (χ4v) is 3.14. The van der Waals surface area contributed by atoms with Gasteiger partial charge < -0.3 is 10.2 Å². The molecule has 2 atom stereocenters. The SMILES string of the molecule is CC(NCC(c1cccs1)N(C)C)c1ccnn1C. The average Bonchev–Trinajstić information content (AvgIpc) is 3.00. The maximum Gasteiger partial charge on any atom is 0.0561 e. The highest BCUT2D eigenvalue weighted by molar-refractivity contribution is 7.10. The summed E-state index contributed by atoms with van der Waals surface area (Å²) < 4.78 is 1.92. The Labute approximate surface area is 119 Å². The van der Waals surface area contributed by atoms with E-state index in [4.69, 9.17) is 0 Å². The van der Waals surface area contributed by atoms with Gasteiger partial charge >= 0.3 is 0 Å². The van der Waals surface area contributed by atoms with Crippen molar-refractivity contribution in [2.24, 2.45) is 7.05 Å². The first-order valence-corrected chi connectivity index (χ1v) is 7.38. The predicted molar refractivity (Wildman–Crippen MR) is 80.4 cm³/mol. The van der Waals surface area contributed by atoms with Crippen LogP contribution in [0.25, 0.3) is 0 Å². The lowest BCUT2D eigenvalue weighted by Crippen LogP contribution is -2.32. The predicted octanol–water partition coefficient (Wildman–Crippen LogP) is 2.44. The molecular formula is C14H22N4S. The molecule has 0 aliphatic rings. The molecule has 2 aromatic heterocycles. The number of hydrogen-bond acceptors (Lipinski definition) is 4. The van der Waals surface area contributed by atoms with Gasteiger partial charge in [0.15, 0.2) is 0 Å². The van der Waals surface area contributed by atoms with Gasteiger partial charge in [-0.25, -0.2) is 0 Å². The van der Waals surface area contributed by atoms with Crippen molar-refractivity contribution >= 4 is 11.3 Å². The third-order valence-corrected chi connectivity index (χ3v) is 4.39. The van der Waals surface area contributed by atoms with Crippen LogP contribution in [-0.4, -0.2) is 35.3 Å². The molecule has 0 saturated carbocycles. The fourth-order valence-electron chi connectivity index (χ4n) is 2.22. The minimum absolute atomic E-state index is 0.301. The second kappa shape index (κ2) is 6.32. The number of hydrogen-bond donors (Lipinski definition) is 1. The summed E-state index contributed by atoms with van der Waals surface area (Å²) in [5, 5.41) is 9.95. The van der Waals surface area contributed by atoms with Crippen LogP contribution < -0.4 is 5.32 Å². The quantitative estimate of drug-likeness (QED) is 0.881. The van der Waals surface area contributed by atoms with Gasteiger partial charge in [-0.1, -0.05) is 6.07 Å². The van der Waals surface area contributed by atoms with Gasteiger partial charge in [-0.3, -0.25) is 4.68 Å². The number of nitrogens with one attached hydrogen (secondary N) is 1. The first-order chi connectivity index (χ1) is 9.09. The Hall–Kier alpha value is -1.17. The third-order valence-electron chi connectivity index (χ3n) is 3.41. The molecule has 2 heterocycles. The minimum atomic E-state index is 0.301. The molecule has 2 rings (SSSR count). The van der Waals surface area contributed by atoms with Gasteiger partial charge in [0.2, 0.25) is 0 Å². The molecule has 0 spiro atoms. The smallest absolute Gasteiger partial charge is 0.0561 e. The first kappa shape index (κ1) is 14.2. The molecule has 19 heavy (non-hydrogen) atoms. The number of aromatic nitrogens is 2. The van der Waals surface area contributed by atoms with E-state index in [-0.39, 0.29) is 0 Å². The van der Waals surface area contributed by atoms with E-state index < -0.39 is 0 Å². The molecule has 5 heteroatoms. The summed E-state index contributed by atoms with van der Waals surface area (Å²) in [5.74, 6) is 0. The topological polar surface area (TPSA) is 33.1 Å². The van der Waals surface area contributed by atoms with Gasteiger partial charge in [0, 0.05) is 30.7 Å². The average molecular weight is 278 g/mol. The van der Waals surface area contributed by atoms with Crippen molar-refractivity contribution < 1.29 is 0 Å². The molecule has 4 nitrogen and oxygen atoms in total. The van der Waals surface area contributed by atoms with Crippen LogP contribution in [0.3, 0.4) is 0 Å². The summed E-state index contributed by atoms with van der Waals surface area (Å²) in [4.78, 5) is 3.66. The van der Waals surface area contributed by atoms with Gasteiger partial charge in [0.05, 0.1) is 11.7 Å². The number of rotatable bonds is 6. The Morgan fingerprint density at radius 3 is 2.74 bits per heavy atom. The monoisotopic (exact) mass is 278 g/mol. The van der Waals surface area contributed by atoms with Crippen molar-refractivity contribution in [1.29, 1.82) is 0 Å². The Kier molecular flexibility index (Phi) is 4.74. The van der Waals surface area contributed by atoms with Crippen molar-refractivity contribution in [2.45, 2.75) is 19.0 Å². The Morgan fingerprint density at radius 2 is 2.21 bits per heavy atom.